The molecular weight excluding hydrogens is 885 g/mol. The van der Waals surface area contributed by atoms with Crippen LogP contribution in [0.15, 0.2) is 168 Å². The molecule has 0 fully saturated rings. The van der Waals surface area contributed by atoms with Crippen molar-refractivity contribution in [1.82, 2.24) is 0 Å². The van der Waals surface area contributed by atoms with Crippen LogP contribution in [0.4, 0.5) is 34.1 Å². The highest BCUT2D eigenvalue weighted by Gasteiger charge is 2.22. The number of hydrogen-bond donors (Lipinski definition) is 0. The summed E-state index contributed by atoms with van der Waals surface area (Å²) < 4.78 is 0. The number of benzene rings is 7. The van der Waals surface area contributed by atoms with Crippen LogP contribution >= 0.6 is 0 Å². The Labute approximate surface area is 429 Å². The molecule has 70 heavy (non-hydrogen) atoms. The Balaban J connectivity index is 1.11. The molecule has 0 atom stereocenters. The van der Waals surface area contributed by atoms with Gasteiger partial charge >= 0.3 is 0 Å². The molecule has 362 valence electrons. The molecule has 0 radical (unpaired) electrons. The summed E-state index contributed by atoms with van der Waals surface area (Å²) in [4.78, 5) is 7.62. The number of aryl methyl sites for hydroxylation is 4. The van der Waals surface area contributed by atoms with Gasteiger partial charge in [0.2, 0.25) is 0 Å². The Bertz CT molecular complexity index is 2690. The minimum absolute atomic E-state index is 0.0480. The van der Waals surface area contributed by atoms with Gasteiger partial charge in [0.15, 0.2) is 9.79 Å². The van der Waals surface area contributed by atoms with E-state index < -0.39 is 0 Å². The highest BCUT2D eigenvalue weighted by Crippen LogP contribution is 2.39. The Morgan fingerprint density at radius 1 is 0.329 bits per heavy atom. The molecule has 0 unspecified atom stereocenters. The third-order valence-corrected chi connectivity index (χ3v) is 15.7. The van der Waals surface area contributed by atoms with E-state index in [9.17, 15) is 0 Å². The molecule has 0 aliphatic carbocycles. The second-order valence-electron chi connectivity index (χ2n) is 19.2. The van der Waals surface area contributed by atoms with Gasteiger partial charge in [-0.15, -0.1) is 0 Å². The van der Waals surface area contributed by atoms with Crippen molar-refractivity contribution in [3.05, 3.63) is 202 Å². The van der Waals surface area contributed by atoms with E-state index in [1.54, 1.807) is 0 Å². The number of nitrogens with zero attached hydrogens (tertiary/aromatic N) is 2. The van der Waals surface area contributed by atoms with Crippen LogP contribution in [0.2, 0.25) is 0 Å². The van der Waals surface area contributed by atoms with Crippen molar-refractivity contribution >= 4 is 80.2 Å². The van der Waals surface area contributed by atoms with E-state index in [1.807, 2.05) is 0 Å². The van der Waals surface area contributed by atoms with E-state index in [1.165, 1.54) is 140 Å². The van der Waals surface area contributed by atoms with Crippen molar-refractivity contribution in [3.63, 3.8) is 0 Å². The molecule has 0 aliphatic heterocycles. The highest BCUT2D eigenvalue weighted by atomic mass is 32.2. The quantitative estimate of drug-likeness (QED) is 0.0440. The molecule has 0 heterocycles. The number of hydrogen-bond acceptors (Lipinski definition) is 2. The van der Waals surface area contributed by atoms with Crippen LogP contribution in [0.25, 0.3) is 24.3 Å². The van der Waals surface area contributed by atoms with Crippen molar-refractivity contribution in [2.24, 2.45) is 0 Å². The molecule has 0 N–H and O–H groups in total. The van der Waals surface area contributed by atoms with Crippen molar-refractivity contribution in [2.45, 2.75) is 115 Å². The SMILES string of the molecule is CCCCc1ccc(N(c2ccc(CCCC)cc2)c2ccc(/C=C/c3ccc(/C=C/c4ccc(N(c5ccc(CCCC)cc5)c5cccc(CCCC)c5)cc4[S+](C)C)cc3)c([S+](C)C)c2)cc1. The van der Waals surface area contributed by atoms with Gasteiger partial charge in [-0.3, -0.25) is 0 Å². The van der Waals surface area contributed by atoms with E-state index in [2.05, 4.69) is 245 Å². The molecule has 0 saturated carbocycles. The van der Waals surface area contributed by atoms with Crippen LogP contribution in [0, 0.1) is 0 Å². The number of rotatable bonds is 24. The summed E-state index contributed by atoms with van der Waals surface area (Å²) in [7, 11) is 0.0969. The summed E-state index contributed by atoms with van der Waals surface area (Å²) in [6.45, 7) is 9.07. The number of anilines is 6. The van der Waals surface area contributed by atoms with E-state index in [-0.39, 0.29) is 21.8 Å². The van der Waals surface area contributed by atoms with Crippen LogP contribution in [-0.4, -0.2) is 25.0 Å². The molecule has 0 bridgehead atoms. The second kappa shape index (κ2) is 26.5. The van der Waals surface area contributed by atoms with E-state index >= 15 is 0 Å². The molecule has 0 aromatic heterocycles. The van der Waals surface area contributed by atoms with Crippen LogP contribution in [0.3, 0.4) is 0 Å². The summed E-state index contributed by atoms with van der Waals surface area (Å²) in [5, 5.41) is 0. The van der Waals surface area contributed by atoms with Crippen LogP contribution in [0.1, 0.15) is 124 Å². The summed E-state index contributed by atoms with van der Waals surface area (Å²) in [6, 6.07) is 60.0. The fraction of sp³-hybridized carbons (Fsp3) is 0.303. The first-order valence-corrected chi connectivity index (χ1v) is 30.1. The molecule has 7 rings (SSSR count). The Morgan fingerprint density at radius 3 is 1.01 bits per heavy atom. The van der Waals surface area contributed by atoms with Crippen LogP contribution in [0.5, 0.6) is 0 Å². The molecule has 0 aliphatic rings. The van der Waals surface area contributed by atoms with Crippen molar-refractivity contribution < 1.29 is 0 Å². The van der Waals surface area contributed by atoms with Crippen molar-refractivity contribution in [2.75, 3.05) is 34.8 Å². The second-order valence-corrected chi connectivity index (χ2v) is 23.3. The summed E-state index contributed by atoms with van der Waals surface area (Å²) in [5.74, 6) is 0. The minimum atomic E-state index is 0.0480. The zero-order chi connectivity index (χ0) is 49.2. The zero-order valence-electron chi connectivity index (χ0n) is 43.5. The van der Waals surface area contributed by atoms with Crippen molar-refractivity contribution in [3.8, 4) is 0 Å². The minimum Gasteiger partial charge on any atom is -0.310 e. The topological polar surface area (TPSA) is 6.48 Å². The average Bonchev–Trinajstić information content (AvgIpc) is 3.39. The molecular formula is C66H78N2S2+2. The molecule has 0 spiro atoms. The Kier molecular flexibility index (Phi) is 19.7. The first-order chi connectivity index (χ1) is 34.2. The standard InChI is InChI=1S/C66H78N2S2/c1-9-13-18-51-30-40-59(41-31-51)67(60-42-32-52(33-43-60)19-14-10-2)63-46-38-57(65(49-63)69(5)6)36-28-54-24-26-55(27-25-54)29-37-58-39-47-64(50-66(58)70(7)8)68(61-44-34-53(35-45-61)20-15-11-3)62-23-17-22-56(48-62)21-16-12-4/h17,22-50H,9-16,18-21H2,1-8H3/q+2/b36-28+,37-29+. The van der Waals surface area contributed by atoms with Crippen LogP contribution < -0.4 is 9.80 Å². The molecule has 7 aromatic rings. The van der Waals surface area contributed by atoms with Gasteiger partial charge in [-0.2, -0.15) is 0 Å². The molecule has 7 aromatic carbocycles. The highest BCUT2D eigenvalue weighted by molar-refractivity contribution is 7.95. The third kappa shape index (κ3) is 14.2. The first-order valence-electron chi connectivity index (χ1n) is 26.0. The van der Waals surface area contributed by atoms with Gasteiger partial charge in [0, 0.05) is 67.8 Å². The fourth-order valence-corrected chi connectivity index (χ4v) is 11.0. The zero-order valence-corrected chi connectivity index (χ0v) is 45.1. The van der Waals surface area contributed by atoms with E-state index in [4.69, 9.17) is 0 Å². The Hall–Kier alpha value is -5.68. The largest absolute Gasteiger partial charge is 0.310 e. The molecule has 0 amide bonds. The lowest BCUT2D eigenvalue weighted by atomic mass is 10.0. The van der Waals surface area contributed by atoms with Gasteiger partial charge in [-0.25, -0.2) is 0 Å². The lowest BCUT2D eigenvalue weighted by Gasteiger charge is -2.26. The maximum absolute atomic E-state index is 2.45. The van der Waals surface area contributed by atoms with Gasteiger partial charge in [0.05, 0.1) is 11.4 Å². The van der Waals surface area contributed by atoms with E-state index in [0.29, 0.717) is 0 Å². The maximum Gasteiger partial charge on any atom is 0.163 e. The van der Waals surface area contributed by atoms with Crippen molar-refractivity contribution in [1.29, 1.82) is 0 Å². The van der Waals surface area contributed by atoms with E-state index in [0.717, 1.165) is 25.7 Å². The summed E-state index contributed by atoms with van der Waals surface area (Å²) in [6.07, 6.45) is 32.6. The van der Waals surface area contributed by atoms with Gasteiger partial charge < -0.3 is 9.80 Å². The lowest BCUT2D eigenvalue weighted by molar-refractivity contribution is 0.795. The average molecular weight is 963 g/mol. The van der Waals surface area contributed by atoms with Crippen LogP contribution in [-0.2, 0) is 47.5 Å². The predicted octanol–water partition coefficient (Wildman–Crippen LogP) is 18.8. The van der Waals surface area contributed by atoms with Gasteiger partial charge in [0.1, 0.15) is 25.0 Å². The third-order valence-electron chi connectivity index (χ3n) is 13.3. The van der Waals surface area contributed by atoms with Gasteiger partial charge in [0.25, 0.3) is 0 Å². The summed E-state index contributed by atoms with van der Waals surface area (Å²) in [5.41, 5.74) is 17.7. The normalized spacial score (nSPS) is 11.7. The Morgan fingerprint density at radius 2 is 0.657 bits per heavy atom. The maximum atomic E-state index is 2.45. The fourth-order valence-electron chi connectivity index (χ4n) is 9.10. The molecule has 4 heteroatoms. The smallest absolute Gasteiger partial charge is 0.163 e. The van der Waals surface area contributed by atoms with Gasteiger partial charge in [-0.05, 0) is 170 Å². The summed E-state index contributed by atoms with van der Waals surface area (Å²) >= 11 is 0. The molecule has 0 saturated heterocycles. The molecule has 2 nitrogen and oxygen atoms in total. The van der Waals surface area contributed by atoms with Gasteiger partial charge in [-0.1, -0.05) is 138 Å². The first kappa shape index (κ1) is 52.2. The lowest BCUT2D eigenvalue weighted by Crippen LogP contribution is -2.12. The monoisotopic (exact) mass is 963 g/mol. The predicted molar refractivity (Wildman–Crippen MR) is 316 cm³/mol. The number of unbranched alkanes of at least 4 members (excludes halogenated alkanes) is 4.